The van der Waals surface area contributed by atoms with Crippen LogP contribution in [0.25, 0.3) is 0 Å². The Bertz CT molecular complexity index is 609. The topological polar surface area (TPSA) is 41.1 Å². The molecule has 20 heavy (non-hydrogen) atoms. The molecular formula is C16H20N4. The van der Waals surface area contributed by atoms with Crippen molar-refractivity contribution in [2.24, 2.45) is 0 Å². The van der Waals surface area contributed by atoms with E-state index < -0.39 is 0 Å². The first-order valence-electron chi connectivity index (χ1n) is 7.16. The van der Waals surface area contributed by atoms with Gasteiger partial charge >= 0.3 is 0 Å². The Morgan fingerprint density at radius 3 is 2.85 bits per heavy atom. The summed E-state index contributed by atoms with van der Waals surface area (Å²) >= 11 is 0. The van der Waals surface area contributed by atoms with Crippen molar-refractivity contribution in [3.63, 3.8) is 0 Å². The third-order valence-electron chi connectivity index (χ3n) is 3.91. The zero-order valence-corrected chi connectivity index (χ0v) is 12.1. The fourth-order valence-electron chi connectivity index (χ4n) is 2.88. The molecule has 1 aromatic carbocycles. The molecule has 0 atom stereocenters. The van der Waals surface area contributed by atoms with Gasteiger partial charge < -0.3 is 10.2 Å². The quantitative estimate of drug-likeness (QED) is 0.907. The molecule has 0 unspecified atom stereocenters. The summed E-state index contributed by atoms with van der Waals surface area (Å²) < 4.78 is 0. The van der Waals surface area contributed by atoms with Crippen LogP contribution in [0.15, 0.2) is 30.6 Å². The molecule has 0 saturated carbocycles. The second kappa shape index (κ2) is 5.49. The van der Waals surface area contributed by atoms with Gasteiger partial charge in [0, 0.05) is 24.8 Å². The third-order valence-corrected chi connectivity index (χ3v) is 3.91. The summed E-state index contributed by atoms with van der Waals surface area (Å²) in [4.78, 5) is 11.1. The number of aromatic nitrogens is 2. The number of benzene rings is 1. The van der Waals surface area contributed by atoms with Crippen molar-refractivity contribution >= 4 is 17.3 Å². The van der Waals surface area contributed by atoms with Crippen LogP contribution in [0.3, 0.4) is 0 Å². The van der Waals surface area contributed by atoms with E-state index in [0.29, 0.717) is 0 Å². The van der Waals surface area contributed by atoms with E-state index in [4.69, 9.17) is 0 Å². The maximum atomic E-state index is 4.53. The number of hydrogen-bond acceptors (Lipinski definition) is 4. The first-order chi connectivity index (χ1) is 9.81. The molecule has 0 aliphatic carbocycles. The zero-order chi connectivity index (χ0) is 13.9. The molecule has 0 fully saturated rings. The summed E-state index contributed by atoms with van der Waals surface area (Å²) in [5, 5.41) is 3.14. The lowest BCUT2D eigenvalue weighted by Crippen LogP contribution is -2.21. The van der Waals surface area contributed by atoms with Crippen LogP contribution in [0.2, 0.25) is 0 Å². The molecule has 0 radical (unpaired) electrons. The van der Waals surface area contributed by atoms with Crippen LogP contribution < -0.4 is 10.2 Å². The Kier molecular flexibility index (Phi) is 3.54. The SMILES string of the molecule is CNc1ncnc(N2CCCCc3ccccc32)c1C. The molecule has 1 aliphatic rings. The highest BCUT2D eigenvalue weighted by Crippen LogP contribution is 2.34. The van der Waals surface area contributed by atoms with E-state index in [1.54, 1.807) is 6.33 Å². The van der Waals surface area contributed by atoms with Crippen LogP contribution >= 0.6 is 0 Å². The molecule has 104 valence electrons. The summed E-state index contributed by atoms with van der Waals surface area (Å²) in [5.74, 6) is 1.91. The van der Waals surface area contributed by atoms with Gasteiger partial charge in [-0.15, -0.1) is 0 Å². The molecule has 0 saturated heterocycles. The average Bonchev–Trinajstić information content (AvgIpc) is 2.70. The van der Waals surface area contributed by atoms with E-state index in [-0.39, 0.29) is 0 Å². The molecule has 0 bridgehead atoms. The number of para-hydroxylation sites is 1. The highest BCUT2D eigenvalue weighted by atomic mass is 15.2. The Morgan fingerprint density at radius 1 is 1.15 bits per heavy atom. The maximum Gasteiger partial charge on any atom is 0.141 e. The van der Waals surface area contributed by atoms with E-state index in [1.807, 2.05) is 7.05 Å². The first-order valence-corrected chi connectivity index (χ1v) is 7.16. The molecule has 0 spiro atoms. The molecule has 1 aromatic heterocycles. The van der Waals surface area contributed by atoms with Gasteiger partial charge in [0.15, 0.2) is 0 Å². The lowest BCUT2D eigenvalue weighted by molar-refractivity contribution is 0.756. The fourth-order valence-corrected chi connectivity index (χ4v) is 2.88. The van der Waals surface area contributed by atoms with Crippen molar-refractivity contribution in [2.45, 2.75) is 26.2 Å². The molecule has 4 heteroatoms. The van der Waals surface area contributed by atoms with Gasteiger partial charge in [-0.1, -0.05) is 18.2 Å². The van der Waals surface area contributed by atoms with Gasteiger partial charge in [-0.25, -0.2) is 9.97 Å². The number of rotatable bonds is 2. The van der Waals surface area contributed by atoms with Gasteiger partial charge in [-0.2, -0.15) is 0 Å². The lowest BCUT2D eigenvalue weighted by Gasteiger charge is -2.25. The highest BCUT2D eigenvalue weighted by molar-refractivity contribution is 5.69. The standard InChI is InChI=1S/C16H20N4/c1-12-15(17-2)18-11-19-16(12)20-10-6-5-8-13-7-3-4-9-14(13)20/h3-4,7,9,11H,5-6,8,10H2,1-2H3,(H,17,18,19). The molecule has 4 nitrogen and oxygen atoms in total. The van der Waals surface area contributed by atoms with Gasteiger partial charge in [-0.05, 0) is 37.8 Å². The van der Waals surface area contributed by atoms with Crippen molar-refractivity contribution < 1.29 is 0 Å². The third kappa shape index (κ3) is 2.22. The number of fused-ring (bicyclic) bond motifs is 1. The molecule has 3 rings (SSSR count). The number of hydrogen-bond donors (Lipinski definition) is 1. The fraction of sp³-hybridized carbons (Fsp3) is 0.375. The number of nitrogens with one attached hydrogen (secondary N) is 1. The first kappa shape index (κ1) is 12.9. The Balaban J connectivity index is 2.10. The molecular weight excluding hydrogens is 248 g/mol. The summed E-state index contributed by atoms with van der Waals surface area (Å²) in [7, 11) is 1.90. The summed E-state index contributed by atoms with van der Waals surface area (Å²) in [6.07, 6.45) is 5.21. The minimum Gasteiger partial charge on any atom is -0.373 e. The second-order valence-corrected chi connectivity index (χ2v) is 5.16. The van der Waals surface area contributed by atoms with Gasteiger partial charge in [0.25, 0.3) is 0 Å². The number of anilines is 3. The van der Waals surface area contributed by atoms with Gasteiger partial charge in [-0.3, -0.25) is 0 Å². The van der Waals surface area contributed by atoms with E-state index in [0.717, 1.165) is 30.2 Å². The molecule has 1 N–H and O–H groups in total. The normalized spacial score (nSPS) is 14.6. The molecule has 2 heterocycles. The zero-order valence-electron chi connectivity index (χ0n) is 12.1. The molecule has 2 aromatic rings. The number of nitrogens with zero attached hydrogens (tertiary/aromatic N) is 3. The Labute approximate surface area is 119 Å². The number of aryl methyl sites for hydroxylation is 1. The van der Waals surface area contributed by atoms with E-state index in [9.17, 15) is 0 Å². The minimum absolute atomic E-state index is 0.900. The highest BCUT2D eigenvalue weighted by Gasteiger charge is 2.20. The monoisotopic (exact) mass is 268 g/mol. The molecule has 0 amide bonds. The van der Waals surface area contributed by atoms with Gasteiger partial charge in [0.05, 0.1) is 0 Å². The average molecular weight is 268 g/mol. The van der Waals surface area contributed by atoms with E-state index in [1.165, 1.54) is 24.1 Å². The Hall–Kier alpha value is -2.10. The smallest absolute Gasteiger partial charge is 0.141 e. The van der Waals surface area contributed by atoms with Crippen molar-refractivity contribution in [2.75, 3.05) is 23.8 Å². The summed E-state index contributed by atoms with van der Waals surface area (Å²) in [6.45, 7) is 3.09. The predicted octanol–water partition coefficient (Wildman–Crippen LogP) is 3.30. The van der Waals surface area contributed by atoms with Crippen molar-refractivity contribution in [1.29, 1.82) is 0 Å². The minimum atomic E-state index is 0.900. The largest absolute Gasteiger partial charge is 0.373 e. The predicted molar refractivity (Wildman–Crippen MR) is 82.7 cm³/mol. The maximum absolute atomic E-state index is 4.53. The van der Waals surface area contributed by atoms with Crippen molar-refractivity contribution in [3.05, 3.63) is 41.7 Å². The van der Waals surface area contributed by atoms with E-state index >= 15 is 0 Å². The van der Waals surface area contributed by atoms with E-state index in [2.05, 4.69) is 51.4 Å². The second-order valence-electron chi connectivity index (χ2n) is 5.16. The van der Waals surface area contributed by atoms with Crippen LogP contribution in [0.4, 0.5) is 17.3 Å². The van der Waals surface area contributed by atoms with Crippen LogP contribution in [-0.4, -0.2) is 23.6 Å². The van der Waals surface area contributed by atoms with Gasteiger partial charge in [0.1, 0.15) is 18.0 Å². The summed E-state index contributed by atoms with van der Waals surface area (Å²) in [6, 6.07) is 8.64. The van der Waals surface area contributed by atoms with Crippen LogP contribution in [0, 0.1) is 6.92 Å². The van der Waals surface area contributed by atoms with Crippen LogP contribution in [0.1, 0.15) is 24.0 Å². The van der Waals surface area contributed by atoms with Crippen molar-refractivity contribution in [1.82, 2.24) is 9.97 Å². The molecule has 1 aliphatic heterocycles. The van der Waals surface area contributed by atoms with Gasteiger partial charge in [0.2, 0.25) is 0 Å². The van der Waals surface area contributed by atoms with Crippen LogP contribution in [-0.2, 0) is 6.42 Å². The van der Waals surface area contributed by atoms with Crippen LogP contribution in [0.5, 0.6) is 0 Å². The summed E-state index contributed by atoms with van der Waals surface area (Å²) in [5.41, 5.74) is 3.80. The Morgan fingerprint density at radius 2 is 2.00 bits per heavy atom. The van der Waals surface area contributed by atoms with Crippen molar-refractivity contribution in [3.8, 4) is 0 Å². The lowest BCUT2D eigenvalue weighted by atomic mass is 10.1.